The third-order valence-electron chi connectivity index (χ3n) is 4.79. The van der Waals surface area contributed by atoms with Crippen LogP contribution in [0, 0.1) is 5.82 Å². The minimum atomic E-state index is -3.60. The van der Waals surface area contributed by atoms with Crippen molar-refractivity contribution in [1.82, 2.24) is 14.4 Å². The van der Waals surface area contributed by atoms with Crippen molar-refractivity contribution in [2.75, 3.05) is 26.2 Å². The Labute approximate surface area is 163 Å². The third-order valence-corrected chi connectivity index (χ3v) is 6.70. The quantitative estimate of drug-likeness (QED) is 0.658. The third kappa shape index (κ3) is 3.99. The van der Waals surface area contributed by atoms with Crippen LogP contribution in [0.5, 0.6) is 0 Å². The lowest BCUT2D eigenvalue weighted by atomic mass is 10.1. The van der Waals surface area contributed by atoms with Gasteiger partial charge in [-0.1, -0.05) is 35.5 Å². The van der Waals surface area contributed by atoms with E-state index in [1.807, 2.05) is 36.4 Å². The standard InChI is InChI=1S/C20H20FN3O3S/c21-17-6-8-19(9-7-17)28(25,26)24-12-10-23(11-13-24)15-18-14-20(22-27-18)16-4-2-1-3-5-16/h1-9,14H,10-13,15H2. The zero-order valence-corrected chi connectivity index (χ0v) is 16.0. The Balaban J connectivity index is 1.37. The average molecular weight is 401 g/mol. The van der Waals surface area contributed by atoms with E-state index < -0.39 is 15.8 Å². The van der Waals surface area contributed by atoms with Crippen molar-refractivity contribution in [2.24, 2.45) is 0 Å². The van der Waals surface area contributed by atoms with Crippen molar-refractivity contribution >= 4 is 10.0 Å². The molecule has 0 amide bonds. The van der Waals surface area contributed by atoms with E-state index in [0.29, 0.717) is 32.7 Å². The van der Waals surface area contributed by atoms with Crippen molar-refractivity contribution in [1.29, 1.82) is 0 Å². The summed E-state index contributed by atoms with van der Waals surface area (Å²) in [5.74, 6) is 0.291. The van der Waals surface area contributed by atoms with Gasteiger partial charge in [-0.05, 0) is 24.3 Å². The first-order chi connectivity index (χ1) is 13.5. The van der Waals surface area contributed by atoms with Crippen molar-refractivity contribution in [2.45, 2.75) is 11.4 Å². The Kier molecular flexibility index (Phi) is 5.25. The van der Waals surface area contributed by atoms with Gasteiger partial charge < -0.3 is 4.52 Å². The molecule has 0 spiro atoms. The second kappa shape index (κ2) is 7.83. The maximum atomic E-state index is 13.1. The first kappa shape index (κ1) is 18.8. The molecule has 0 unspecified atom stereocenters. The number of hydrogen-bond acceptors (Lipinski definition) is 5. The van der Waals surface area contributed by atoms with Crippen LogP contribution in [0.1, 0.15) is 5.76 Å². The van der Waals surface area contributed by atoms with Gasteiger partial charge in [-0.25, -0.2) is 12.8 Å². The molecule has 0 bridgehead atoms. The van der Waals surface area contributed by atoms with E-state index in [2.05, 4.69) is 10.1 Å². The summed E-state index contributed by atoms with van der Waals surface area (Å²) < 4.78 is 45.3. The Morgan fingerprint density at radius 2 is 1.64 bits per heavy atom. The summed E-state index contributed by atoms with van der Waals surface area (Å²) in [6, 6.07) is 16.6. The Bertz CT molecular complexity index is 1030. The van der Waals surface area contributed by atoms with Gasteiger partial charge in [-0.2, -0.15) is 4.31 Å². The second-order valence-electron chi connectivity index (χ2n) is 6.68. The van der Waals surface area contributed by atoms with E-state index in [9.17, 15) is 12.8 Å². The molecule has 2 heterocycles. The van der Waals surface area contributed by atoms with E-state index in [-0.39, 0.29) is 4.90 Å². The highest BCUT2D eigenvalue weighted by Crippen LogP contribution is 2.21. The number of benzene rings is 2. The molecule has 28 heavy (non-hydrogen) atoms. The van der Waals surface area contributed by atoms with Gasteiger partial charge in [0.1, 0.15) is 11.5 Å². The second-order valence-corrected chi connectivity index (χ2v) is 8.62. The van der Waals surface area contributed by atoms with Crippen LogP contribution in [0.3, 0.4) is 0 Å². The van der Waals surface area contributed by atoms with Gasteiger partial charge in [0, 0.05) is 37.8 Å². The highest BCUT2D eigenvalue weighted by Gasteiger charge is 2.28. The normalized spacial score (nSPS) is 16.3. The highest BCUT2D eigenvalue weighted by molar-refractivity contribution is 7.89. The Morgan fingerprint density at radius 1 is 0.964 bits per heavy atom. The van der Waals surface area contributed by atoms with E-state index in [1.54, 1.807) is 0 Å². The summed E-state index contributed by atoms with van der Waals surface area (Å²) in [5, 5.41) is 4.11. The number of halogens is 1. The fourth-order valence-electron chi connectivity index (χ4n) is 3.24. The van der Waals surface area contributed by atoms with Gasteiger partial charge in [-0.3, -0.25) is 4.90 Å². The fraction of sp³-hybridized carbons (Fsp3) is 0.250. The molecule has 3 aromatic rings. The van der Waals surface area contributed by atoms with Crippen LogP contribution in [-0.4, -0.2) is 49.0 Å². The minimum absolute atomic E-state index is 0.116. The summed E-state index contributed by atoms with van der Waals surface area (Å²) in [7, 11) is -3.60. The summed E-state index contributed by atoms with van der Waals surface area (Å²) in [5.41, 5.74) is 1.78. The number of hydrogen-bond donors (Lipinski definition) is 0. The van der Waals surface area contributed by atoms with Gasteiger partial charge in [0.25, 0.3) is 0 Å². The summed E-state index contributed by atoms with van der Waals surface area (Å²) in [6.45, 7) is 2.49. The maximum Gasteiger partial charge on any atom is 0.243 e. The number of rotatable bonds is 5. The van der Waals surface area contributed by atoms with E-state index in [1.165, 1.54) is 16.4 Å². The van der Waals surface area contributed by atoms with Gasteiger partial charge in [0.15, 0.2) is 5.76 Å². The molecule has 0 N–H and O–H groups in total. The molecule has 1 aliphatic heterocycles. The number of aromatic nitrogens is 1. The molecule has 8 heteroatoms. The van der Waals surface area contributed by atoms with Gasteiger partial charge in [0.05, 0.1) is 11.4 Å². The van der Waals surface area contributed by atoms with Crippen LogP contribution in [0.2, 0.25) is 0 Å². The summed E-state index contributed by atoms with van der Waals surface area (Å²) >= 11 is 0. The van der Waals surface area contributed by atoms with E-state index in [4.69, 9.17) is 4.52 Å². The van der Waals surface area contributed by atoms with Gasteiger partial charge in [-0.15, -0.1) is 0 Å². The molecule has 1 fully saturated rings. The van der Waals surface area contributed by atoms with Gasteiger partial charge >= 0.3 is 0 Å². The highest BCUT2D eigenvalue weighted by atomic mass is 32.2. The molecule has 4 rings (SSSR count). The SMILES string of the molecule is O=S(=O)(c1ccc(F)cc1)N1CCN(Cc2cc(-c3ccccc3)no2)CC1. The molecule has 0 aliphatic carbocycles. The molecule has 2 aromatic carbocycles. The summed E-state index contributed by atoms with van der Waals surface area (Å²) in [6.07, 6.45) is 0. The van der Waals surface area contributed by atoms with Crippen molar-refractivity contribution in [3.8, 4) is 11.3 Å². The van der Waals surface area contributed by atoms with Crippen LogP contribution in [0.15, 0.2) is 70.1 Å². The molecule has 1 saturated heterocycles. The molecule has 146 valence electrons. The van der Waals surface area contributed by atoms with E-state index in [0.717, 1.165) is 29.2 Å². The predicted octanol–water partition coefficient (Wildman–Crippen LogP) is 2.99. The molecule has 1 aliphatic rings. The Hall–Kier alpha value is -2.55. The Morgan fingerprint density at radius 3 is 2.32 bits per heavy atom. The van der Waals surface area contributed by atoms with Crippen molar-refractivity contribution in [3.05, 3.63) is 72.2 Å². The van der Waals surface area contributed by atoms with Crippen LogP contribution in [-0.2, 0) is 16.6 Å². The topological polar surface area (TPSA) is 66.7 Å². The summed E-state index contributed by atoms with van der Waals surface area (Å²) in [4.78, 5) is 2.25. The lowest BCUT2D eigenvalue weighted by Crippen LogP contribution is -2.48. The number of piperazine rings is 1. The molecule has 1 aromatic heterocycles. The van der Waals surface area contributed by atoms with E-state index >= 15 is 0 Å². The number of sulfonamides is 1. The lowest BCUT2D eigenvalue weighted by molar-refractivity contribution is 0.166. The molecule has 6 nitrogen and oxygen atoms in total. The lowest BCUT2D eigenvalue weighted by Gasteiger charge is -2.33. The first-order valence-electron chi connectivity index (χ1n) is 9.01. The van der Waals surface area contributed by atoms with Crippen LogP contribution >= 0.6 is 0 Å². The predicted molar refractivity (Wildman–Crippen MR) is 102 cm³/mol. The molecular weight excluding hydrogens is 381 g/mol. The fourth-order valence-corrected chi connectivity index (χ4v) is 4.66. The molecule has 0 saturated carbocycles. The van der Waals surface area contributed by atoms with Crippen molar-refractivity contribution in [3.63, 3.8) is 0 Å². The zero-order chi connectivity index (χ0) is 19.6. The molecular formula is C20H20FN3O3S. The van der Waals surface area contributed by atoms with Gasteiger partial charge in [0.2, 0.25) is 10.0 Å². The first-order valence-corrected chi connectivity index (χ1v) is 10.5. The maximum absolute atomic E-state index is 13.1. The number of nitrogens with zero attached hydrogens (tertiary/aromatic N) is 3. The zero-order valence-electron chi connectivity index (χ0n) is 15.2. The smallest absolute Gasteiger partial charge is 0.243 e. The average Bonchev–Trinajstić information content (AvgIpc) is 3.18. The monoisotopic (exact) mass is 401 g/mol. The van der Waals surface area contributed by atoms with Crippen LogP contribution < -0.4 is 0 Å². The molecule has 0 atom stereocenters. The van der Waals surface area contributed by atoms with Crippen LogP contribution in [0.4, 0.5) is 4.39 Å². The largest absolute Gasteiger partial charge is 0.359 e. The van der Waals surface area contributed by atoms with Crippen molar-refractivity contribution < 1.29 is 17.3 Å². The minimum Gasteiger partial charge on any atom is -0.359 e. The molecule has 0 radical (unpaired) electrons. The van der Waals surface area contributed by atoms with Crippen LogP contribution in [0.25, 0.3) is 11.3 Å².